The summed E-state index contributed by atoms with van der Waals surface area (Å²) in [6.07, 6.45) is 6.23. The molecule has 1 aliphatic heterocycles. The lowest BCUT2D eigenvalue weighted by molar-refractivity contribution is 0.110. The lowest BCUT2D eigenvalue weighted by Crippen LogP contribution is -2.42. The molecule has 1 unspecified atom stereocenters. The van der Waals surface area contributed by atoms with Crippen LogP contribution in [-0.2, 0) is 0 Å². The van der Waals surface area contributed by atoms with Gasteiger partial charge in [-0.2, -0.15) is 0 Å². The van der Waals surface area contributed by atoms with Gasteiger partial charge in [0.15, 0.2) is 0 Å². The second kappa shape index (κ2) is 5.68. The molecule has 2 aliphatic rings. The lowest BCUT2D eigenvalue weighted by atomic mass is 9.83. The van der Waals surface area contributed by atoms with E-state index in [1.54, 1.807) is 0 Å². The average Bonchev–Trinajstić information content (AvgIpc) is 3.12. The molecule has 1 saturated carbocycles. The van der Waals surface area contributed by atoms with E-state index in [9.17, 15) is 5.11 Å². The standard InChI is InChI=1S/C14H28N2O/c1-3-14(4-2,11-17)10-15-12-7-8-16(9-12)13-5-6-13/h12-13,15,17H,3-11H2,1-2H3. The van der Waals surface area contributed by atoms with Crippen LogP contribution in [0.5, 0.6) is 0 Å². The topological polar surface area (TPSA) is 35.5 Å². The van der Waals surface area contributed by atoms with E-state index in [0.717, 1.165) is 25.4 Å². The van der Waals surface area contributed by atoms with E-state index in [2.05, 4.69) is 24.1 Å². The number of nitrogens with one attached hydrogen (secondary N) is 1. The Morgan fingerprint density at radius 3 is 2.47 bits per heavy atom. The molecule has 0 bridgehead atoms. The van der Waals surface area contributed by atoms with Crippen LogP contribution in [-0.4, -0.2) is 48.3 Å². The second-order valence-electron chi connectivity index (χ2n) is 5.96. The van der Waals surface area contributed by atoms with Crippen molar-refractivity contribution in [1.82, 2.24) is 10.2 Å². The average molecular weight is 240 g/mol. The van der Waals surface area contributed by atoms with Crippen molar-refractivity contribution in [3.63, 3.8) is 0 Å². The van der Waals surface area contributed by atoms with Crippen LogP contribution in [0.4, 0.5) is 0 Å². The maximum atomic E-state index is 9.55. The van der Waals surface area contributed by atoms with Crippen LogP contribution in [0, 0.1) is 5.41 Å². The van der Waals surface area contributed by atoms with Crippen LogP contribution < -0.4 is 5.32 Å². The largest absolute Gasteiger partial charge is 0.396 e. The molecule has 1 aliphatic carbocycles. The fourth-order valence-corrected chi connectivity index (χ4v) is 2.87. The molecule has 0 aromatic carbocycles. The van der Waals surface area contributed by atoms with Crippen LogP contribution >= 0.6 is 0 Å². The molecule has 0 radical (unpaired) electrons. The Labute approximate surface area is 106 Å². The summed E-state index contributed by atoms with van der Waals surface area (Å²) in [5.41, 5.74) is 0.104. The van der Waals surface area contributed by atoms with Crippen LogP contribution in [0.3, 0.4) is 0 Å². The summed E-state index contributed by atoms with van der Waals surface area (Å²) in [5, 5.41) is 13.2. The van der Waals surface area contributed by atoms with Gasteiger partial charge in [0.2, 0.25) is 0 Å². The second-order valence-corrected chi connectivity index (χ2v) is 5.96. The molecule has 1 heterocycles. The Balaban J connectivity index is 1.74. The molecule has 100 valence electrons. The van der Waals surface area contributed by atoms with Gasteiger partial charge in [0.25, 0.3) is 0 Å². The third kappa shape index (κ3) is 3.21. The SMILES string of the molecule is CCC(CC)(CO)CNC1CCN(C2CC2)C1. The summed E-state index contributed by atoms with van der Waals surface area (Å²) in [6, 6.07) is 1.56. The van der Waals surface area contributed by atoms with Crippen molar-refractivity contribution < 1.29 is 5.11 Å². The summed E-state index contributed by atoms with van der Waals surface area (Å²) in [5.74, 6) is 0. The van der Waals surface area contributed by atoms with Gasteiger partial charge in [-0.15, -0.1) is 0 Å². The molecule has 1 saturated heterocycles. The predicted molar refractivity (Wildman–Crippen MR) is 71.1 cm³/mol. The zero-order valence-corrected chi connectivity index (χ0v) is 11.4. The molecule has 3 heteroatoms. The summed E-state index contributed by atoms with van der Waals surface area (Å²) < 4.78 is 0. The lowest BCUT2D eigenvalue weighted by Gasteiger charge is -2.31. The number of nitrogens with zero attached hydrogens (tertiary/aromatic N) is 1. The summed E-state index contributed by atoms with van der Waals surface area (Å²) in [4.78, 5) is 2.64. The van der Waals surface area contributed by atoms with Crippen LogP contribution in [0.15, 0.2) is 0 Å². The summed E-state index contributed by atoms with van der Waals surface area (Å²) in [6.45, 7) is 8.15. The maximum Gasteiger partial charge on any atom is 0.0499 e. The molecule has 0 spiro atoms. The van der Waals surface area contributed by atoms with Crippen LogP contribution in [0.1, 0.15) is 46.0 Å². The van der Waals surface area contributed by atoms with E-state index in [1.807, 2.05) is 0 Å². The van der Waals surface area contributed by atoms with Crippen LogP contribution in [0.2, 0.25) is 0 Å². The Morgan fingerprint density at radius 2 is 1.94 bits per heavy atom. The first-order valence-corrected chi connectivity index (χ1v) is 7.31. The van der Waals surface area contributed by atoms with Gasteiger partial charge in [0, 0.05) is 43.7 Å². The third-order valence-electron chi connectivity index (χ3n) is 4.88. The highest BCUT2D eigenvalue weighted by Crippen LogP contribution is 2.30. The minimum atomic E-state index is 0.104. The Morgan fingerprint density at radius 1 is 1.24 bits per heavy atom. The number of rotatable bonds is 7. The predicted octanol–water partition coefficient (Wildman–Crippen LogP) is 1.61. The molecular formula is C14H28N2O. The molecule has 2 N–H and O–H groups in total. The molecular weight excluding hydrogens is 212 g/mol. The highest BCUT2D eigenvalue weighted by molar-refractivity contribution is 4.92. The Kier molecular flexibility index (Phi) is 4.45. The first kappa shape index (κ1) is 13.3. The van der Waals surface area contributed by atoms with Crippen LogP contribution in [0.25, 0.3) is 0 Å². The number of likely N-dealkylation sites (tertiary alicyclic amines) is 1. The molecule has 0 aromatic heterocycles. The van der Waals surface area contributed by atoms with Gasteiger partial charge in [0.1, 0.15) is 0 Å². The van der Waals surface area contributed by atoms with E-state index in [-0.39, 0.29) is 5.41 Å². The first-order valence-electron chi connectivity index (χ1n) is 7.31. The highest BCUT2D eigenvalue weighted by Gasteiger charge is 2.35. The van der Waals surface area contributed by atoms with Gasteiger partial charge in [-0.1, -0.05) is 13.8 Å². The highest BCUT2D eigenvalue weighted by atomic mass is 16.3. The van der Waals surface area contributed by atoms with Gasteiger partial charge in [-0.05, 0) is 32.1 Å². The van der Waals surface area contributed by atoms with E-state index in [4.69, 9.17) is 0 Å². The molecule has 2 rings (SSSR count). The monoisotopic (exact) mass is 240 g/mol. The molecule has 1 atom stereocenters. The maximum absolute atomic E-state index is 9.55. The quantitative estimate of drug-likeness (QED) is 0.710. The van der Waals surface area contributed by atoms with E-state index in [0.29, 0.717) is 12.6 Å². The summed E-state index contributed by atoms with van der Waals surface area (Å²) >= 11 is 0. The fraction of sp³-hybridized carbons (Fsp3) is 1.00. The van der Waals surface area contributed by atoms with Gasteiger partial charge >= 0.3 is 0 Å². The zero-order chi connectivity index (χ0) is 12.3. The van der Waals surface area contributed by atoms with Crippen molar-refractivity contribution in [1.29, 1.82) is 0 Å². The smallest absolute Gasteiger partial charge is 0.0499 e. The number of aliphatic hydroxyl groups excluding tert-OH is 1. The van der Waals surface area contributed by atoms with Gasteiger partial charge in [0.05, 0.1) is 0 Å². The third-order valence-corrected chi connectivity index (χ3v) is 4.88. The number of aliphatic hydroxyl groups is 1. The van der Waals surface area contributed by atoms with Crippen molar-refractivity contribution in [3.05, 3.63) is 0 Å². The first-order chi connectivity index (χ1) is 8.23. The summed E-state index contributed by atoms with van der Waals surface area (Å²) in [7, 11) is 0. The minimum absolute atomic E-state index is 0.104. The molecule has 17 heavy (non-hydrogen) atoms. The van der Waals surface area contributed by atoms with Crippen molar-refractivity contribution in [2.24, 2.45) is 5.41 Å². The van der Waals surface area contributed by atoms with Gasteiger partial charge < -0.3 is 10.4 Å². The number of hydrogen-bond donors (Lipinski definition) is 2. The van der Waals surface area contributed by atoms with Gasteiger partial charge in [-0.25, -0.2) is 0 Å². The zero-order valence-electron chi connectivity index (χ0n) is 11.4. The van der Waals surface area contributed by atoms with Crippen molar-refractivity contribution in [2.75, 3.05) is 26.2 Å². The van der Waals surface area contributed by atoms with E-state index < -0.39 is 0 Å². The molecule has 0 amide bonds. The fourth-order valence-electron chi connectivity index (χ4n) is 2.87. The number of hydrogen-bond acceptors (Lipinski definition) is 3. The van der Waals surface area contributed by atoms with E-state index >= 15 is 0 Å². The molecule has 3 nitrogen and oxygen atoms in total. The Hall–Kier alpha value is -0.120. The van der Waals surface area contributed by atoms with Crippen molar-refractivity contribution >= 4 is 0 Å². The van der Waals surface area contributed by atoms with Crippen molar-refractivity contribution in [3.8, 4) is 0 Å². The van der Waals surface area contributed by atoms with Crippen molar-refractivity contribution in [2.45, 2.75) is 58.0 Å². The van der Waals surface area contributed by atoms with Gasteiger partial charge in [-0.3, -0.25) is 4.90 Å². The van der Waals surface area contributed by atoms with E-state index in [1.165, 1.54) is 32.4 Å². The molecule has 2 fully saturated rings. The molecule has 0 aromatic rings. The Bertz CT molecular complexity index is 228. The normalized spacial score (nSPS) is 26.6. The minimum Gasteiger partial charge on any atom is -0.396 e.